The molecule has 1 aliphatic carbocycles. The van der Waals surface area contributed by atoms with Crippen LogP contribution in [0.3, 0.4) is 0 Å². The van der Waals surface area contributed by atoms with Crippen LogP contribution in [0, 0.1) is 10.8 Å². The molecule has 2 fully saturated rings. The van der Waals surface area contributed by atoms with Crippen molar-refractivity contribution in [3.63, 3.8) is 0 Å². The Morgan fingerprint density at radius 2 is 1.47 bits per heavy atom. The minimum Gasteiger partial charge on any atom is -0.311 e. The highest BCUT2D eigenvalue weighted by Crippen LogP contribution is 2.45. The van der Waals surface area contributed by atoms with Crippen molar-refractivity contribution in [1.29, 1.82) is 0 Å². The van der Waals surface area contributed by atoms with Gasteiger partial charge in [0.25, 0.3) is 0 Å². The first-order valence-electron chi connectivity index (χ1n) is 8.28. The molecule has 0 amide bonds. The second kappa shape index (κ2) is 5.73. The number of piperidine rings is 1. The summed E-state index contributed by atoms with van der Waals surface area (Å²) in [5, 5.41) is 3.99. The molecule has 112 valence electrons. The normalized spacial score (nSPS) is 29.5. The summed E-state index contributed by atoms with van der Waals surface area (Å²) in [5.41, 5.74) is 1.01. The van der Waals surface area contributed by atoms with Crippen LogP contribution in [0.15, 0.2) is 0 Å². The highest BCUT2D eigenvalue weighted by Gasteiger charge is 2.39. The molecule has 0 spiro atoms. The average molecular weight is 266 g/mol. The molecule has 2 nitrogen and oxygen atoms in total. The average Bonchev–Trinajstić information content (AvgIpc) is 2.25. The maximum absolute atomic E-state index is 3.99. The Kier molecular flexibility index (Phi) is 4.62. The molecular formula is C17H34N2. The third-order valence-corrected chi connectivity index (χ3v) is 5.06. The van der Waals surface area contributed by atoms with E-state index >= 15 is 0 Å². The lowest BCUT2D eigenvalue weighted by Gasteiger charge is -2.46. The number of hydrogen-bond donors (Lipinski definition) is 1. The zero-order valence-corrected chi connectivity index (χ0v) is 13.8. The van der Waals surface area contributed by atoms with Crippen molar-refractivity contribution in [3.8, 4) is 0 Å². The van der Waals surface area contributed by atoms with Gasteiger partial charge < -0.3 is 10.2 Å². The van der Waals surface area contributed by atoms with E-state index in [2.05, 4.69) is 44.8 Å². The van der Waals surface area contributed by atoms with Crippen molar-refractivity contribution in [2.45, 2.75) is 78.8 Å². The van der Waals surface area contributed by atoms with E-state index in [0.29, 0.717) is 10.8 Å². The van der Waals surface area contributed by atoms with Crippen molar-refractivity contribution in [2.24, 2.45) is 10.8 Å². The van der Waals surface area contributed by atoms with Crippen LogP contribution < -0.4 is 5.32 Å². The largest absolute Gasteiger partial charge is 0.311 e. The summed E-state index contributed by atoms with van der Waals surface area (Å²) in [6.45, 7) is 15.9. The Labute approximate surface area is 120 Å². The Morgan fingerprint density at radius 3 is 1.95 bits per heavy atom. The molecule has 2 heteroatoms. The second-order valence-electron chi connectivity index (χ2n) is 8.49. The molecule has 2 rings (SSSR count). The SMILES string of the molecule is CCN1CCC(NC2CC(C)(C)CC(C)(C)C2)CC1. The topological polar surface area (TPSA) is 15.3 Å². The van der Waals surface area contributed by atoms with E-state index in [1.807, 2.05) is 0 Å². The van der Waals surface area contributed by atoms with Crippen LogP contribution in [0.25, 0.3) is 0 Å². The third-order valence-electron chi connectivity index (χ3n) is 5.06. The molecule has 0 aromatic carbocycles. The lowest BCUT2D eigenvalue weighted by molar-refractivity contribution is 0.0739. The van der Waals surface area contributed by atoms with Gasteiger partial charge in [-0.15, -0.1) is 0 Å². The van der Waals surface area contributed by atoms with E-state index in [4.69, 9.17) is 0 Å². The van der Waals surface area contributed by atoms with Crippen LogP contribution in [0.5, 0.6) is 0 Å². The second-order valence-corrected chi connectivity index (χ2v) is 8.49. The fourth-order valence-electron chi connectivity index (χ4n) is 4.71. The standard InChI is InChI=1S/C17H34N2/c1-6-19-9-7-14(8-10-19)18-15-11-16(2,3)13-17(4,5)12-15/h14-15,18H,6-13H2,1-5H3. The van der Waals surface area contributed by atoms with Crippen LogP contribution in [0.1, 0.15) is 66.7 Å². The minimum absolute atomic E-state index is 0.504. The molecule has 0 aromatic heterocycles. The van der Waals surface area contributed by atoms with Gasteiger partial charge in [0.1, 0.15) is 0 Å². The van der Waals surface area contributed by atoms with Crippen molar-refractivity contribution < 1.29 is 0 Å². The molecule has 19 heavy (non-hydrogen) atoms. The van der Waals surface area contributed by atoms with Crippen LogP contribution in [0.2, 0.25) is 0 Å². The van der Waals surface area contributed by atoms with Gasteiger partial charge in [-0.1, -0.05) is 34.6 Å². The molecule has 1 heterocycles. The predicted molar refractivity (Wildman–Crippen MR) is 83.5 cm³/mol. The first kappa shape index (κ1) is 15.3. The zero-order chi connectivity index (χ0) is 14.1. The van der Waals surface area contributed by atoms with E-state index in [1.165, 1.54) is 51.7 Å². The van der Waals surface area contributed by atoms with E-state index < -0.39 is 0 Å². The van der Waals surface area contributed by atoms with Crippen molar-refractivity contribution in [2.75, 3.05) is 19.6 Å². The fraction of sp³-hybridized carbons (Fsp3) is 1.00. The summed E-state index contributed by atoms with van der Waals surface area (Å²) < 4.78 is 0. The van der Waals surface area contributed by atoms with Gasteiger partial charge in [0, 0.05) is 12.1 Å². The van der Waals surface area contributed by atoms with Gasteiger partial charge >= 0.3 is 0 Å². The summed E-state index contributed by atoms with van der Waals surface area (Å²) in [6, 6.07) is 1.49. The van der Waals surface area contributed by atoms with Gasteiger partial charge in [-0.2, -0.15) is 0 Å². The molecule has 1 saturated carbocycles. The van der Waals surface area contributed by atoms with Gasteiger partial charge in [0.15, 0.2) is 0 Å². The van der Waals surface area contributed by atoms with E-state index in [1.54, 1.807) is 0 Å². The maximum Gasteiger partial charge on any atom is 0.00940 e. The van der Waals surface area contributed by atoms with Gasteiger partial charge in [-0.05, 0) is 62.6 Å². The van der Waals surface area contributed by atoms with Gasteiger partial charge in [-0.25, -0.2) is 0 Å². The monoisotopic (exact) mass is 266 g/mol. The van der Waals surface area contributed by atoms with E-state index in [0.717, 1.165) is 12.1 Å². The Balaban J connectivity index is 1.85. The highest BCUT2D eigenvalue weighted by molar-refractivity contribution is 4.94. The molecule has 2 aliphatic rings. The van der Waals surface area contributed by atoms with Crippen LogP contribution >= 0.6 is 0 Å². The summed E-state index contributed by atoms with van der Waals surface area (Å²) in [4.78, 5) is 2.58. The number of rotatable bonds is 3. The predicted octanol–water partition coefficient (Wildman–Crippen LogP) is 3.67. The fourth-order valence-corrected chi connectivity index (χ4v) is 4.71. The van der Waals surface area contributed by atoms with Crippen LogP contribution in [-0.2, 0) is 0 Å². The molecular weight excluding hydrogens is 232 g/mol. The third kappa shape index (κ3) is 4.46. The Morgan fingerprint density at radius 1 is 0.947 bits per heavy atom. The van der Waals surface area contributed by atoms with Gasteiger partial charge in [-0.3, -0.25) is 0 Å². The summed E-state index contributed by atoms with van der Waals surface area (Å²) in [6.07, 6.45) is 6.75. The highest BCUT2D eigenvalue weighted by atomic mass is 15.1. The molecule has 1 aliphatic heterocycles. The molecule has 0 radical (unpaired) electrons. The minimum atomic E-state index is 0.504. The number of nitrogens with one attached hydrogen (secondary N) is 1. The molecule has 0 aromatic rings. The molecule has 0 atom stereocenters. The quantitative estimate of drug-likeness (QED) is 0.838. The van der Waals surface area contributed by atoms with Gasteiger partial charge in [0.2, 0.25) is 0 Å². The molecule has 0 unspecified atom stereocenters. The molecule has 1 N–H and O–H groups in total. The van der Waals surface area contributed by atoms with Crippen molar-refractivity contribution >= 4 is 0 Å². The van der Waals surface area contributed by atoms with Gasteiger partial charge in [0.05, 0.1) is 0 Å². The van der Waals surface area contributed by atoms with Crippen molar-refractivity contribution in [1.82, 2.24) is 10.2 Å². The van der Waals surface area contributed by atoms with E-state index in [-0.39, 0.29) is 0 Å². The number of hydrogen-bond acceptors (Lipinski definition) is 2. The lowest BCUT2D eigenvalue weighted by atomic mass is 9.63. The Bertz CT molecular complexity index is 272. The van der Waals surface area contributed by atoms with Crippen molar-refractivity contribution in [3.05, 3.63) is 0 Å². The first-order valence-corrected chi connectivity index (χ1v) is 8.28. The summed E-state index contributed by atoms with van der Waals surface area (Å²) >= 11 is 0. The summed E-state index contributed by atoms with van der Waals surface area (Å²) in [5.74, 6) is 0. The Hall–Kier alpha value is -0.0800. The lowest BCUT2D eigenvalue weighted by Crippen LogP contribution is -2.50. The first-order chi connectivity index (χ1) is 8.80. The van der Waals surface area contributed by atoms with Crippen LogP contribution in [-0.4, -0.2) is 36.6 Å². The number of likely N-dealkylation sites (tertiary alicyclic amines) is 1. The van der Waals surface area contributed by atoms with Crippen LogP contribution in [0.4, 0.5) is 0 Å². The molecule has 1 saturated heterocycles. The number of nitrogens with zero attached hydrogens (tertiary/aromatic N) is 1. The maximum atomic E-state index is 3.99. The smallest absolute Gasteiger partial charge is 0.00940 e. The van der Waals surface area contributed by atoms with E-state index in [9.17, 15) is 0 Å². The zero-order valence-electron chi connectivity index (χ0n) is 13.8. The summed E-state index contributed by atoms with van der Waals surface area (Å²) in [7, 11) is 0. The molecule has 0 bridgehead atoms.